The third kappa shape index (κ3) is 1.52. The number of hydrogen-bond acceptors (Lipinski definition) is 1. The van der Waals surface area contributed by atoms with Gasteiger partial charge < -0.3 is 0 Å². The molecule has 2 rings (SSSR count). The summed E-state index contributed by atoms with van der Waals surface area (Å²) in [5.74, 6) is -15.1. The molecule has 1 aliphatic carbocycles. The number of thiophene rings is 1. The molecule has 1 aromatic heterocycles. The molecule has 0 saturated heterocycles. The van der Waals surface area contributed by atoms with Gasteiger partial charge in [-0.15, -0.1) is 11.3 Å². The first-order valence-electron chi connectivity index (χ1n) is 4.95. The Bertz CT molecular complexity index is 526. The summed E-state index contributed by atoms with van der Waals surface area (Å²) in [5, 5.41) is 0. The Labute approximate surface area is 103 Å². The van der Waals surface area contributed by atoms with Gasteiger partial charge in [0.25, 0.3) is 0 Å². The maximum absolute atomic E-state index is 13.5. The average molecular weight is 286 g/mol. The van der Waals surface area contributed by atoms with Crippen molar-refractivity contribution in [2.75, 3.05) is 0 Å². The zero-order chi connectivity index (χ0) is 13.9. The molecule has 0 saturated carbocycles. The molecule has 0 amide bonds. The summed E-state index contributed by atoms with van der Waals surface area (Å²) in [5.41, 5.74) is -1.53. The van der Waals surface area contributed by atoms with Crippen LogP contribution < -0.4 is 0 Å². The average Bonchev–Trinajstić information content (AvgIpc) is 2.57. The molecule has 7 heteroatoms. The quantitative estimate of drug-likeness (QED) is 0.658. The molecule has 0 aliphatic heterocycles. The van der Waals surface area contributed by atoms with E-state index in [0.29, 0.717) is 9.75 Å². The van der Waals surface area contributed by atoms with E-state index in [1.807, 2.05) is 0 Å². The second kappa shape index (κ2) is 3.53. The fraction of sp³-hybridized carbons (Fsp3) is 0.455. The summed E-state index contributed by atoms with van der Waals surface area (Å²) in [7, 11) is 0. The number of hydrogen-bond donors (Lipinski definition) is 0. The summed E-state index contributed by atoms with van der Waals surface area (Å²) in [6, 6.07) is 1.22. The molecule has 1 heterocycles. The number of rotatable bonds is 1. The van der Waals surface area contributed by atoms with Gasteiger partial charge in [-0.2, -0.15) is 26.3 Å². The van der Waals surface area contributed by atoms with Gasteiger partial charge in [-0.1, -0.05) is 0 Å². The van der Waals surface area contributed by atoms with E-state index < -0.39 is 23.3 Å². The molecule has 0 fully saturated rings. The van der Waals surface area contributed by atoms with Crippen molar-refractivity contribution in [2.24, 2.45) is 0 Å². The molecule has 0 unspecified atom stereocenters. The molecule has 0 spiro atoms. The topological polar surface area (TPSA) is 0 Å². The van der Waals surface area contributed by atoms with E-state index in [9.17, 15) is 26.3 Å². The number of alkyl halides is 6. The Hall–Kier alpha value is -0.980. The van der Waals surface area contributed by atoms with Crippen LogP contribution in [0.15, 0.2) is 12.1 Å². The number of aryl methyl sites for hydroxylation is 2. The largest absolute Gasteiger partial charge is 0.380 e. The molecule has 0 nitrogen and oxygen atoms in total. The highest BCUT2D eigenvalue weighted by molar-refractivity contribution is 7.12. The lowest BCUT2D eigenvalue weighted by Gasteiger charge is -2.25. The monoisotopic (exact) mass is 286 g/mol. The molecule has 0 aromatic carbocycles. The minimum atomic E-state index is -5.39. The van der Waals surface area contributed by atoms with E-state index in [2.05, 4.69) is 0 Å². The Kier molecular flexibility index (Phi) is 2.63. The van der Waals surface area contributed by atoms with Gasteiger partial charge in [0.05, 0.1) is 0 Å². The molecular weight excluding hydrogens is 278 g/mol. The zero-order valence-corrected chi connectivity index (χ0v) is 10.1. The molecule has 18 heavy (non-hydrogen) atoms. The highest BCUT2D eigenvalue weighted by atomic mass is 32.1. The molecule has 0 atom stereocenters. The van der Waals surface area contributed by atoms with Crippen molar-refractivity contribution in [1.29, 1.82) is 0 Å². The highest BCUT2D eigenvalue weighted by Gasteiger charge is 2.76. The van der Waals surface area contributed by atoms with E-state index in [-0.39, 0.29) is 11.6 Å². The maximum atomic E-state index is 13.5. The fourth-order valence-electron chi connectivity index (χ4n) is 1.89. The number of allylic oxidation sites excluding steroid dienone is 2. The second-order valence-electron chi connectivity index (χ2n) is 4.16. The van der Waals surface area contributed by atoms with Gasteiger partial charge in [0.2, 0.25) is 0 Å². The van der Waals surface area contributed by atoms with Gasteiger partial charge in [0.15, 0.2) is 0 Å². The van der Waals surface area contributed by atoms with Gasteiger partial charge in [0.1, 0.15) is 0 Å². The van der Waals surface area contributed by atoms with Crippen LogP contribution in [-0.2, 0) is 0 Å². The number of halogens is 6. The molecule has 0 radical (unpaired) electrons. The van der Waals surface area contributed by atoms with Crippen molar-refractivity contribution >= 4 is 16.9 Å². The van der Waals surface area contributed by atoms with Gasteiger partial charge >= 0.3 is 17.8 Å². The Morgan fingerprint density at radius 3 is 1.89 bits per heavy atom. The van der Waals surface area contributed by atoms with Crippen LogP contribution in [0.4, 0.5) is 26.3 Å². The Morgan fingerprint density at radius 2 is 1.56 bits per heavy atom. The van der Waals surface area contributed by atoms with Crippen molar-refractivity contribution in [3.8, 4) is 0 Å². The maximum Gasteiger partial charge on any atom is 0.380 e. The lowest BCUT2D eigenvalue weighted by Crippen LogP contribution is -2.48. The lowest BCUT2D eigenvalue weighted by molar-refractivity contribution is -0.257. The predicted octanol–water partition coefficient (Wildman–Crippen LogP) is 4.67. The van der Waals surface area contributed by atoms with E-state index in [4.69, 9.17) is 0 Å². The van der Waals surface area contributed by atoms with E-state index in [0.717, 1.165) is 11.3 Å². The van der Waals surface area contributed by atoms with Crippen LogP contribution in [0.1, 0.15) is 15.3 Å². The first-order valence-corrected chi connectivity index (χ1v) is 5.76. The Morgan fingerprint density at radius 1 is 1.00 bits per heavy atom. The van der Waals surface area contributed by atoms with Gasteiger partial charge in [-0.05, 0) is 25.5 Å². The summed E-state index contributed by atoms with van der Waals surface area (Å²) in [6.45, 7) is 3.02. The molecule has 1 aliphatic rings. The van der Waals surface area contributed by atoms with Crippen molar-refractivity contribution < 1.29 is 26.3 Å². The predicted molar refractivity (Wildman–Crippen MR) is 56.6 cm³/mol. The van der Waals surface area contributed by atoms with Crippen LogP contribution in [0, 0.1) is 13.8 Å². The summed E-state index contributed by atoms with van der Waals surface area (Å²) >= 11 is 1.09. The third-order valence-electron chi connectivity index (χ3n) is 2.81. The third-order valence-corrected chi connectivity index (χ3v) is 3.77. The van der Waals surface area contributed by atoms with Crippen molar-refractivity contribution in [3.63, 3.8) is 0 Å². The fourth-order valence-corrected chi connectivity index (χ4v) is 2.82. The molecule has 0 bridgehead atoms. The SMILES string of the molecule is Cc1cc(C2=CC(F)(F)C(F)(F)C2(F)F)c(C)s1. The first-order chi connectivity index (χ1) is 8.00. The van der Waals surface area contributed by atoms with Crippen molar-refractivity contribution in [3.05, 3.63) is 27.5 Å². The van der Waals surface area contributed by atoms with Crippen LogP contribution >= 0.6 is 11.3 Å². The van der Waals surface area contributed by atoms with Crippen molar-refractivity contribution in [1.82, 2.24) is 0 Å². The van der Waals surface area contributed by atoms with Crippen molar-refractivity contribution in [2.45, 2.75) is 31.6 Å². The zero-order valence-electron chi connectivity index (χ0n) is 9.33. The minimum absolute atomic E-state index is 0.237. The minimum Gasteiger partial charge on any atom is -0.195 e. The van der Waals surface area contributed by atoms with Crippen LogP contribution in [0.2, 0.25) is 0 Å². The van der Waals surface area contributed by atoms with Gasteiger partial charge in [-0.25, -0.2) is 0 Å². The van der Waals surface area contributed by atoms with Gasteiger partial charge in [-0.3, -0.25) is 0 Å². The van der Waals surface area contributed by atoms with E-state index >= 15 is 0 Å². The van der Waals surface area contributed by atoms with E-state index in [1.54, 1.807) is 6.92 Å². The lowest BCUT2D eigenvalue weighted by atomic mass is 10.0. The summed E-state index contributed by atoms with van der Waals surface area (Å²) in [4.78, 5) is 0.907. The first kappa shape index (κ1) is 13.5. The second-order valence-corrected chi connectivity index (χ2v) is 5.62. The molecule has 1 aromatic rings. The van der Waals surface area contributed by atoms with Crippen LogP contribution in [0.25, 0.3) is 5.57 Å². The molecular formula is C11H8F6S. The molecule has 0 N–H and O–H groups in total. The molecule has 100 valence electrons. The standard InChI is InChI=1S/C11H8F6S/c1-5-3-7(6(2)18-5)8-4-9(12,13)11(16,17)10(8,14)15/h3-4H,1-2H3. The summed E-state index contributed by atoms with van der Waals surface area (Å²) in [6.07, 6.45) is -0.318. The van der Waals surface area contributed by atoms with Crippen LogP contribution in [0.3, 0.4) is 0 Å². The van der Waals surface area contributed by atoms with Gasteiger partial charge in [0, 0.05) is 21.4 Å². The smallest absolute Gasteiger partial charge is 0.195 e. The van der Waals surface area contributed by atoms with Crippen LogP contribution in [0.5, 0.6) is 0 Å². The highest BCUT2D eigenvalue weighted by Crippen LogP contribution is 2.59. The van der Waals surface area contributed by atoms with E-state index in [1.165, 1.54) is 13.0 Å². The van der Waals surface area contributed by atoms with Crippen LogP contribution in [-0.4, -0.2) is 17.8 Å². The Balaban J connectivity index is 2.63. The summed E-state index contributed by atoms with van der Waals surface area (Å²) < 4.78 is 79.0. The normalized spacial score (nSPS) is 24.1.